The van der Waals surface area contributed by atoms with Gasteiger partial charge in [-0.1, -0.05) is 30.3 Å². The maximum atomic E-state index is 2.22. The Kier molecular flexibility index (Phi) is 3.63. The number of benzene rings is 2. The van der Waals surface area contributed by atoms with Crippen molar-refractivity contribution in [2.45, 2.75) is 6.92 Å². The molecule has 0 bridgehead atoms. The van der Waals surface area contributed by atoms with Crippen LogP contribution in [-0.2, 0) is 0 Å². The van der Waals surface area contributed by atoms with Crippen LogP contribution in [0.2, 0.25) is 0 Å². The molecular formula is C16H14ClN. The number of halogens is 1. The summed E-state index contributed by atoms with van der Waals surface area (Å²) in [5.74, 6) is 0. The highest BCUT2D eigenvalue weighted by molar-refractivity contribution is 5.79. The number of hydrogen-bond acceptors (Lipinski definition) is 0. The van der Waals surface area contributed by atoms with Crippen LogP contribution in [0.15, 0.2) is 66.9 Å². The van der Waals surface area contributed by atoms with E-state index in [1.165, 1.54) is 22.2 Å². The molecule has 1 nitrogen and oxygen atoms in total. The molecule has 2 heteroatoms. The molecule has 3 aromatic rings. The number of pyridine rings is 1. The van der Waals surface area contributed by atoms with Gasteiger partial charge in [0.25, 0.3) is 0 Å². The fourth-order valence-corrected chi connectivity index (χ4v) is 2.19. The summed E-state index contributed by atoms with van der Waals surface area (Å²) in [6, 6.07) is 21.1. The van der Waals surface area contributed by atoms with E-state index in [4.69, 9.17) is 0 Å². The highest BCUT2D eigenvalue weighted by Gasteiger charge is 2.11. The second kappa shape index (κ2) is 5.19. The monoisotopic (exact) mass is 255 g/mol. The number of aromatic nitrogens is 1. The Labute approximate surface area is 113 Å². The minimum atomic E-state index is 0. The molecule has 1 aromatic heterocycles. The molecular weight excluding hydrogens is 242 g/mol. The van der Waals surface area contributed by atoms with Gasteiger partial charge in [0.1, 0.15) is 0 Å². The Morgan fingerprint density at radius 2 is 1.44 bits per heavy atom. The van der Waals surface area contributed by atoms with E-state index in [1.807, 2.05) is 6.07 Å². The van der Waals surface area contributed by atoms with Crippen LogP contribution in [0, 0.1) is 6.92 Å². The first-order chi connectivity index (χ1) is 8.36. The number of para-hydroxylation sites is 2. The Balaban J connectivity index is 0.00000120. The van der Waals surface area contributed by atoms with Gasteiger partial charge in [-0.2, -0.15) is 4.57 Å². The molecule has 2 aromatic carbocycles. The van der Waals surface area contributed by atoms with Crippen molar-refractivity contribution in [3.8, 4) is 5.69 Å². The minimum absolute atomic E-state index is 0. The van der Waals surface area contributed by atoms with Crippen LogP contribution < -0.4 is 17.0 Å². The molecule has 0 N–H and O–H groups in total. The van der Waals surface area contributed by atoms with Gasteiger partial charge in [0.05, 0.1) is 0 Å². The molecule has 0 aliphatic carbocycles. The summed E-state index contributed by atoms with van der Waals surface area (Å²) in [7, 11) is 0. The van der Waals surface area contributed by atoms with Crippen LogP contribution in [0.3, 0.4) is 0 Å². The maximum Gasteiger partial charge on any atom is 0.218 e. The summed E-state index contributed by atoms with van der Waals surface area (Å²) in [6.45, 7) is 2.15. The quantitative estimate of drug-likeness (QED) is 0.556. The fraction of sp³-hybridized carbons (Fsp3) is 0.0625. The molecule has 0 unspecified atom stereocenters. The number of rotatable bonds is 1. The Hall–Kier alpha value is -1.86. The summed E-state index contributed by atoms with van der Waals surface area (Å²) < 4.78 is 2.22. The average Bonchev–Trinajstić information content (AvgIpc) is 2.41. The van der Waals surface area contributed by atoms with E-state index in [0.29, 0.717) is 0 Å². The summed E-state index contributed by atoms with van der Waals surface area (Å²) >= 11 is 0. The summed E-state index contributed by atoms with van der Waals surface area (Å²) in [4.78, 5) is 0. The van der Waals surface area contributed by atoms with E-state index in [1.54, 1.807) is 0 Å². The molecule has 0 atom stereocenters. The molecule has 0 aliphatic heterocycles. The van der Waals surface area contributed by atoms with Crippen molar-refractivity contribution in [1.29, 1.82) is 0 Å². The summed E-state index contributed by atoms with van der Waals surface area (Å²) in [5, 5.41) is 1.30. The molecule has 0 radical (unpaired) electrons. The zero-order valence-electron chi connectivity index (χ0n) is 10.2. The van der Waals surface area contributed by atoms with Crippen LogP contribution in [0.4, 0.5) is 0 Å². The normalized spacial score (nSPS) is 10.1. The van der Waals surface area contributed by atoms with Crippen molar-refractivity contribution in [2.24, 2.45) is 0 Å². The van der Waals surface area contributed by atoms with Gasteiger partial charge in [-0.05, 0) is 18.6 Å². The fourth-order valence-electron chi connectivity index (χ4n) is 2.19. The number of hydrogen-bond donors (Lipinski definition) is 0. The Bertz CT molecular complexity index is 662. The van der Waals surface area contributed by atoms with Crippen LogP contribution in [-0.4, -0.2) is 0 Å². The van der Waals surface area contributed by atoms with Crippen molar-refractivity contribution in [3.63, 3.8) is 0 Å². The van der Waals surface area contributed by atoms with Gasteiger partial charge >= 0.3 is 0 Å². The van der Waals surface area contributed by atoms with Gasteiger partial charge in [0.2, 0.25) is 11.2 Å². The topological polar surface area (TPSA) is 3.88 Å². The van der Waals surface area contributed by atoms with Crippen molar-refractivity contribution in [1.82, 2.24) is 0 Å². The van der Waals surface area contributed by atoms with Gasteiger partial charge in [-0.15, -0.1) is 0 Å². The highest BCUT2D eigenvalue weighted by Crippen LogP contribution is 2.15. The van der Waals surface area contributed by atoms with Crippen LogP contribution in [0.5, 0.6) is 0 Å². The van der Waals surface area contributed by atoms with E-state index in [2.05, 4.69) is 72.3 Å². The van der Waals surface area contributed by atoms with Gasteiger partial charge in [0.15, 0.2) is 6.20 Å². The first-order valence-corrected chi connectivity index (χ1v) is 5.82. The predicted molar refractivity (Wildman–Crippen MR) is 70.2 cm³/mol. The second-order valence-electron chi connectivity index (χ2n) is 4.22. The van der Waals surface area contributed by atoms with Gasteiger partial charge in [-0.3, -0.25) is 0 Å². The largest absolute Gasteiger partial charge is 1.00 e. The standard InChI is InChI=1S/C16H14N.ClH/c1-13-11-12-17(14-7-3-2-4-8-14)16-10-6-5-9-15(13)16;/h2-12H,1H3;1H/q+1;/p-1. The molecule has 0 amide bonds. The van der Waals surface area contributed by atoms with Gasteiger partial charge in [0, 0.05) is 29.7 Å². The third-order valence-electron chi connectivity index (χ3n) is 3.10. The molecule has 3 rings (SSSR count). The minimum Gasteiger partial charge on any atom is -1.00 e. The average molecular weight is 256 g/mol. The van der Waals surface area contributed by atoms with E-state index >= 15 is 0 Å². The number of fused-ring (bicyclic) bond motifs is 1. The van der Waals surface area contributed by atoms with Crippen LogP contribution >= 0.6 is 0 Å². The summed E-state index contributed by atoms with van der Waals surface area (Å²) in [6.07, 6.45) is 2.13. The van der Waals surface area contributed by atoms with Crippen molar-refractivity contribution >= 4 is 10.9 Å². The zero-order chi connectivity index (χ0) is 11.7. The Morgan fingerprint density at radius 1 is 0.778 bits per heavy atom. The highest BCUT2D eigenvalue weighted by atomic mass is 35.5. The third-order valence-corrected chi connectivity index (χ3v) is 3.10. The molecule has 0 saturated heterocycles. The van der Waals surface area contributed by atoms with Crippen LogP contribution in [0.1, 0.15) is 5.56 Å². The van der Waals surface area contributed by atoms with E-state index in [-0.39, 0.29) is 12.4 Å². The SMILES string of the molecule is Cc1cc[n+](-c2ccccc2)c2ccccc12.[Cl-]. The van der Waals surface area contributed by atoms with E-state index in [0.717, 1.165) is 0 Å². The summed E-state index contributed by atoms with van der Waals surface area (Å²) in [5.41, 5.74) is 3.76. The second-order valence-corrected chi connectivity index (χ2v) is 4.22. The molecule has 0 fully saturated rings. The third kappa shape index (κ3) is 2.09. The lowest BCUT2D eigenvalue weighted by Gasteiger charge is -2.02. The lowest BCUT2D eigenvalue weighted by Crippen LogP contribution is -3.00. The van der Waals surface area contributed by atoms with Gasteiger partial charge < -0.3 is 12.4 Å². The predicted octanol–water partition coefficient (Wildman–Crippen LogP) is 0.429. The van der Waals surface area contributed by atoms with Gasteiger partial charge in [-0.25, -0.2) is 0 Å². The van der Waals surface area contributed by atoms with Crippen molar-refractivity contribution in [2.75, 3.05) is 0 Å². The number of aryl methyl sites for hydroxylation is 1. The van der Waals surface area contributed by atoms with Crippen molar-refractivity contribution in [3.05, 3.63) is 72.4 Å². The molecule has 1 heterocycles. The van der Waals surface area contributed by atoms with Crippen molar-refractivity contribution < 1.29 is 17.0 Å². The lowest BCUT2D eigenvalue weighted by atomic mass is 10.1. The Morgan fingerprint density at radius 3 is 2.22 bits per heavy atom. The molecule has 0 spiro atoms. The first-order valence-electron chi connectivity index (χ1n) is 5.82. The molecule has 0 saturated carbocycles. The van der Waals surface area contributed by atoms with Crippen LogP contribution in [0.25, 0.3) is 16.6 Å². The molecule has 90 valence electrons. The molecule has 0 aliphatic rings. The number of nitrogens with zero attached hydrogens (tertiary/aromatic N) is 1. The first kappa shape index (κ1) is 12.6. The van der Waals surface area contributed by atoms with E-state index < -0.39 is 0 Å². The maximum absolute atomic E-state index is 2.22. The molecule has 18 heavy (non-hydrogen) atoms. The smallest absolute Gasteiger partial charge is 0.218 e. The zero-order valence-corrected chi connectivity index (χ0v) is 10.9. The lowest BCUT2D eigenvalue weighted by molar-refractivity contribution is -0.567. The van der Waals surface area contributed by atoms with E-state index in [9.17, 15) is 0 Å².